The molecule has 0 radical (unpaired) electrons. The minimum atomic E-state index is -5.08. The molecule has 1 aromatic heterocycles. The number of rotatable bonds is 6. The second kappa shape index (κ2) is 12.3. The van der Waals surface area contributed by atoms with Crippen molar-refractivity contribution in [3.63, 3.8) is 0 Å². The van der Waals surface area contributed by atoms with Gasteiger partial charge in [0, 0.05) is 43.7 Å². The van der Waals surface area contributed by atoms with Gasteiger partial charge in [0.05, 0.1) is 25.5 Å². The number of morpholine rings is 1. The number of hydrogen-bond donors (Lipinski definition) is 2. The van der Waals surface area contributed by atoms with Crippen LogP contribution in [0.5, 0.6) is 0 Å². The number of piperidine rings is 1. The van der Waals surface area contributed by atoms with Crippen LogP contribution in [-0.4, -0.2) is 98.2 Å². The van der Waals surface area contributed by atoms with Gasteiger partial charge in [0.1, 0.15) is 11.7 Å². The number of carboxylic acid groups (broad SMARTS) is 1. The van der Waals surface area contributed by atoms with Crippen LogP contribution < -0.4 is 5.32 Å². The molecule has 41 heavy (non-hydrogen) atoms. The van der Waals surface area contributed by atoms with E-state index in [2.05, 4.69) is 34.4 Å². The van der Waals surface area contributed by atoms with Gasteiger partial charge in [-0.2, -0.15) is 13.2 Å². The molecule has 4 heterocycles. The minimum Gasteiger partial charge on any atom is -0.475 e. The standard InChI is InChI=1S/C24H30N6O4.C2HF3O2/c1-15(2)10-28-7-8-34-18(12-28)13-29-14-20(26-27-29)16-3-4-19-17(9-16)11-30(24(19)33)21-5-6-22(31)25-23(21)32;3-2(4,5)1(6)7/h3-4,9,14-15,18,21H,5-8,10-13H2,1-2H3,(H,25,31,32);(H,6,7). The van der Waals surface area contributed by atoms with E-state index in [0.717, 1.165) is 43.1 Å². The Hall–Kier alpha value is -3.85. The average Bonchev–Trinajstić information content (AvgIpc) is 3.48. The summed E-state index contributed by atoms with van der Waals surface area (Å²) in [6.45, 7) is 9.04. The van der Waals surface area contributed by atoms with E-state index in [1.54, 1.807) is 11.0 Å². The molecule has 0 bridgehead atoms. The molecule has 5 rings (SSSR count). The lowest BCUT2D eigenvalue weighted by molar-refractivity contribution is -0.192. The first-order valence-electron chi connectivity index (χ1n) is 13.1. The highest BCUT2D eigenvalue weighted by atomic mass is 19.4. The van der Waals surface area contributed by atoms with Crippen molar-refractivity contribution < 1.29 is 42.2 Å². The number of aliphatic carboxylic acids is 1. The fraction of sp³-hybridized carbons (Fsp3) is 0.538. The lowest BCUT2D eigenvalue weighted by atomic mass is 10.0. The molecule has 2 fully saturated rings. The number of aromatic nitrogens is 3. The van der Waals surface area contributed by atoms with Crippen molar-refractivity contribution in [2.75, 3.05) is 26.2 Å². The molecule has 3 aliphatic rings. The van der Waals surface area contributed by atoms with Crippen LogP contribution in [0.2, 0.25) is 0 Å². The van der Waals surface area contributed by atoms with Crippen molar-refractivity contribution in [1.29, 1.82) is 0 Å². The maximum Gasteiger partial charge on any atom is 0.490 e. The minimum absolute atomic E-state index is 0.0711. The largest absolute Gasteiger partial charge is 0.490 e. The molecule has 1 aromatic carbocycles. The third-order valence-electron chi connectivity index (χ3n) is 6.84. The van der Waals surface area contributed by atoms with Crippen LogP contribution in [0.1, 0.15) is 42.6 Å². The first-order chi connectivity index (χ1) is 19.3. The summed E-state index contributed by atoms with van der Waals surface area (Å²) >= 11 is 0. The van der Waals surface area contributed by atoms with Crippen molar-refractivity contribution >= 4 is 23.7 Å². The van der Waals surface area contributed by atoms with E-state index >= 15 is 0 Å². The zero-order valence-corrected chi connectivity index (χ0v) is 22.6. The summed E-state index contributed by atoms with van der Waals surface area (Å²) in [6, 6.07) is 4.97. The molecule has 2 atom stereocenters. The van der Waals surface area contributed by atoms with E-state index < -0.39 is 24.1 Å². The summed E-state index contributed by atoms with van der Waals surface area (Å²) in [7, 11) is 0. The van der Waals surface area contributed by atoms with Gasteiger partial charge in [0.2, 0.25) is 11.8 Å². The molecule has 15 heteroatoms. The number of halogens is 3. The number of nitrogens with one attached hydrogen (secondary N) is 1. The Labute approximate surface area is 233 Å². The normalized spacial score (nSPS) is 21.4. The van der Waals surface area contributed by atoms with E-state index in [-0.39, 0.29) is 24.3 Å². The number of alkyl halides is 3. The van der Waals surface area contributed by atoms with Gasteiger partial charge < -0.3 is 14.7 Å². The number of hydrogen-bond acceptors (Lipinski definition) is 8. The SMILES string of the molecule is CC(C)CN1CCOC(Cn2cc(-c3ccc4c(c3)CN(C3CCC(=O)NC3=O)C4=O)nn2)C1.O=C(O)C(F)(F)F. The summed E-state index contributed by atoms with van der Waals surface area (Å²) in [6.07, 6.45) is -2.52. The molecule has 0 aliphatic carbocycles. The second-order valence-corrected chi connectivity index (χ2v) is 10.5. The Balaban J connectivity index is 0.000000493. The number of benzene rings is 1. The van der Waals surface area contributed by atoms with Crippen LogP contribution in [0.3, 0.4) is 0 Å². The molecular formula is C26H31F3N6O6. The van der Waals surface area contributed by atoms with Crippen molar-refractivity contribution in [2.24, 2.45) is 5.92 Å². The van der Waals surface area contributed by atoms with E-state index in [0.29, 0.717) is 31.0 Å². The quantitative estimate of drug-likeness (QED) is 0.488. The van der Waals surface area contributed by atoms with Gasteiger partial charge in [-0.3, -0.25) is 24.6 Å². The summed E-state index contributed by atoms with van der Waals surface area (Å²) in [5, 5.41) is 18.1. The smallest absolute Gasteiger partial charge is 0.475 e. The summed E-state index contributed by atoms with van der Waals surface area (Å²) < 4.78 is 39.5. The Morgan fingerprint density at radius 3 is 2.63 bits per heavy atom. The number of fused-ring (bicyclic) bond motifs is 1. The molecule has 12 nitrogen and oxygen atoms in total. The molecule has 3 aliphatic heterocycles. The molecule has 2 N–H and O–H groups in total. The van der Waals surface area contributed by atoms with Crippen LogP contribution in [0, 0.1) is 5.92 Å². The molecule has 2 unspecified atom stereocenters. The number of amides is 3. The van der Waals surface area contributed by atoms with Crippen molar-refractivity contribution in [3.8, 4) is 11.3 Å². The van der Waals surface area contributed by atoms with Gasteiger partial charge in [-0.15, -0.1) is 5.10 Å². The van der Waals surface area contributed by atoms with E-state index in [9.17, 15) is 27.6 Å². The Morgan fingerprint density at radius 1 is 1.24 bits per heavy atom. The topological polar surface area (TPSA) is 147 Å². The Morgan fingerprint density at radius 2 is 1.98 bits per heavy atom. The van der Waals surface area contributed by atoms with Crippen molar-refractivity contribution in [3.05, 3.63) is 35.5 Å². The highest BCUT2D eigenvalue weighted by molar-refractivity contribution is 6.05. The van der Waals surface area contributed by atoms with Gasteiger partial charge in [0.15, 0.2) is 0 Å². The maximum absolute atomic E-state index is 12.9. The van der Waals surface area contributed by atoms with Gasteiger partial charge in [-0.1, -0.05) is 25.1 Å². The predicted molar refractivity (Wildman–Crippen MR) is 136 cm³/mol. The summed E-state index contributed by atoms with van der Waals surface area (Å²) in [5.74, 6) is -3.01. The van der Waals surface area contributed by atoms with E-state index in [1.807, 2.05) is 23.0 Å². The van der Waals surface area contributed by atoms with Gasteiger partial charge in [0.25, 0.3) is 5.91 Å². The number of carbonyl (C=O) groups is 4. The third-order valence-corrected chi connectivity index (χ3v) is 6.84. The third kappa shape index (κ3) is 7.47. The molecule has 2 aromatic rings. The molecule has 2 saturated heterocycles. The molecule has 0 spiro atoms. The molecule has 3 amide bonds. The van der Waals surface area contributed by atoms with Crippen LogP contribution in [-0.2, 0) is 32.2 Å². The number of imide groups is 1. The molecule has 0 saturated carbocycles. The highest BCUT2D eigenvalue weighted by Gasteiger charge is 2.39. The first kappa shape index (κ1) is 30.1. The van der Waals surface area contributed by atoms with Crippen LogP contribution in [0.25, 0.3) is 11.3 Å². The van der Waals surface area contributed by atoms with Crippen molar-refractivity contribution in [1.82, 2.24) is 30.1 Å². The second-order valence-electron chi connectivity index (χ2n) is 10.5. The molecule has 222 valence electrons. The van der Waals surface area contributed by atoms with Crippen LogP contribution >= 0.6 is 0 Å². The van der Waals surface area contributed by atoms with Crippen LogP contribution in [0.15, 0.2) is 24.4 Å². The van der Waals surface area contributed by atoms with E-state index in [1.165, 1.54) is 0 Å². The Bertz CT molecular complexity index is 1310. The lowest BCUT2D eigenvalue weighted by Crippen LogP contribution is -2.52. The van der Waals surface area contributed by atoms with Gasteiger partial charge >= 0.3 is 12.1 Å². The predicted octanol–water partition coefficient (Wildman–Crippen LogP) is 1.70. The maximum atomic E-state index is 12.9. The van der Waals surface area contributed by atoms with Crippen LogP contribution in [0.4, 0.5) is 13.2 Å². The summed E-state index contributed by atoms with van der Waals surface area (Å²) in [5.41, 5.74) is 3.03. The number of ether oxygens (including phenoxy) is 1. The lowest BCUT2D eigenvalue weighted by Gasteiger charge is -2.33. The highest BCUT2D eigenvalue weighted by Crippen LogP contribution is 2.30. The number of nitrogens with zero attached hydrogens (tertiary/aromatic N) is 5. The van der Waals surface area contributed by atoms with Crippen molar-refractivity contribution in [2.45, 2.75) is 58.1 Å². The zero-order chi connectivity index (χ0) is 29.9. The van der Waals surface area contributed by atoms with Gasteiger partial charge in [-0.25, -0.2) is 9.48 Å². The fourth-order valence-corrected chi connectivity index (χ4v) is 5.04. The number of carbonyl (C=O) groups excluding carboxylic acids is 3. The number of carboxylic acids is 1. The van der Waals surface area contributed by atoms with E-state index in [4.69, 9.17) is 14.6 Å². The summed E-state index contributed by atoms with van der Waals surface area (Å²) in [4.78, 5) is 49.5. The fourth-order valence-electron chi connectivity index (χ4n) is 5.04. The monoisotopic (exact) mass is 580 g/mol. The first-order valence-corrected chi connectivity index (χ1v) is 13.1. The zero-order valence-electron chi connectivity index (χ0n) is 22.6. The Kier molecular flexibility index (Phi) is 9.07. The average molecular weight is 581 g/mol. The van der Waals surface area contributed by atoms with Gasteiger partial charge in [-0.05, 0) is 30.0 Å². The molecular weight excluding hydrogens is 549 g/mol.